The maximum absolute atomic E-state index is 10.7. The fourth-order valence-electron chi connectivity index (χ4n) is 0.877. The molecular weight excluding hydrogens is 254 g/mol. The molecular formula is C8H8BrNO4. The molecule has 14 heavy (non-hydrogen) atoms. The third kappa shape index (κ3) is 1.95. The van der Waals surface area contributed by atoms with Crippen LogP contribution in [-0.4, -0.2) is 30.3 Å². The van der Waals surface area contributed by atoms with Crippen LogP contribution in [0.2, 0.25) is 0 Å². The van der Waals surface area contributed by atoms with Gasteiger partial charge in [0.25, 0.3) is 0 Å². The van der Waals surface area contributed by atoms with E-state index < -0.39 is 5.97 Å². The van der Waals surface area contributed by atoms with Crippen LogP contribution in [0, 0.1) is 0 Å². The number of nitrogens with zero attached hydrogens (tertiary/aromatic N) is 1. The maximum Gasteiger partial charge on any atom is 0.354 e. The van der Waals surface area contributed by atoms with Crippen LogP contribution in [0.1, 0.15) is 10.5 Å². The standard InChI is InChI=1S/C8H8BrNO4/c1-13-5-3-4(8(11)12)10-7(14-2)6(5)9/h3H,1-2H3,(H,11,12). The third-order valence-corrected chi connectivity index (χ3v) is 2.26. The predicted octanol–water partition coefficient (Wildman–Crippen LogP) is 1.56. The minimum Gasteiger partial charge on any atom is -0.495 e. The summed E-state index contributed by atoms with van der Waals surface area (Å²) in [5, 5.41) is 8.73. The van der Waals surface area contributed by atoms with Crippen LogP contribution in [0.4, 0.5) is 0 Å². The van der Waals surface area contributed by atoms with E-state index in [-0.39, 0.29) is 11.6 Å². The van der Waals surface area contributed by atoms with Gasteiger partial charge in [-0.15, -0.1) is 0 Å². The van der Waals surface area contributed by atoms with Crippen molar-refractivity contribution < 1.29 is 19.4 Å². The van der Waals surface area contributed by atoms with Gasteiger partial charge in [0.15, 0.2) is 5.69 Å². The van der Waals surface area contributed by atoms with Crippen molar-refractivity contribution in [3.63, 3.8) is 0 Å². The first-order valence-corrected chi connectivity index (χ1v) is 4.41. The second-order valence-corrected chi connectivity index (χ2v) is 3.13. The van der Waals surface area contributed by atoms with Crippen molar-refractivity contribution in [2.24, 2.45) is 0 Å². The van der Waals surface area contributed by atoms with E-state index in [1.54, 1.807) is 0 Å². The number of halogens is 1. The van der Waals surface area contributed by atoms with Gasteiger partial charge >= 0.3 is 5.97 Å². The summed E-state index contributed by atoms with van der Waals surface area (Å²) in [7, 11) is 2.84. The predicted molar refractivity (Wildman–Crippen MR) is 52.0 cm³/mol. The van der Waals surface area contributed by atoms with Crippen molar-refractivity contribution in [1.29, 1.82) is 0 Å². The Kier molecular flexibility index (Phi) is 3.29. The molecule has 0 spiro atoms. The number of carboxylic acids is 1. The van der Waals surface area contributed by atoms with Crippen LogP contribution >= 0.6 is 15.9 Å². The Balaban J connectivity index is 3.32. The quantitative estimate of drug-likeness (QED) is 0.895. The molecule has 0 aliphatic rings. The molecule has 1 aromatic rings. The molecule has 1 aromatic heterocycles. The van der Waals surface area contributed by atoms with E-state index in [4.69, 9.17) is 14.6 Å². The molecule has 0 bridgehead atoms. The normalized spacial score (nSPS) is 9.64. The van der Waals surface area contributed by atoms with E-state index in [1.165, 1.54) is 20.3 Å². The van der Waals surface area contributed by atoms with E-state index in [1.807, 2.05) is 0 Å². The highest BCUT2D eigenvalue weighted by molar-refractivity contribution is 9.10. The Bertz CT molecular complexity index is 341. The van der Waals surface area contributed by atoms with E-state index in [2.05, 4.69) is 20.9 Å². The van der Waals surface area contributed by atoms with Crippen molar-refractivity contribution in [2.75, 3.05) is 14.2 Å². The summed E-state index contributed by atoms with van der Waals surface area (Å²) < 4.78 is 10.3. The van der Waals surface area contributed by atoms with Crippen molar-refractivity contribution in [3.05, 3.63) is 16.2 Å². The Morgan fingerprint density at radius 2 is 2.14 bits per heavy atom. The molecule has 0 saturated carbocycles. The molecule has 0 aliphatic carbocycles. The summed E-state index contributed by atoms with van der Waals surface area (Å²) in [5.74, 6) is -0.579. The number of aromatic carboxylic acids is 1. The second-order valence-electron chi connectivity index (χ2n) is 2.34. The van der Waals surface area contributed by atoms with Gasteiger partial charge in [0.2, 0.25) is 5.88 Å². The number of carboxylic acid groups (broad SMARTS) is 1. The molecule has 1 N–H and O–H groups in total. The van der Waals surface area contributed by atoms with Crippen LogP contribution in [-0.2, 0) is 0 Å². The Morgan fingerprint density at radius 3 is 2.57 bits per heavy atom. The zero-order valence-corrected chi connectivity index (χ0v) is 9.16. The first-order valence-electron chi connectivity index (χ1n) is 3.62. The molecule has 0 unspecified atom stereocenters. The number of rotatable bonds is 3. The summed E-state index contributed by atoms with van der Waals surface area (Å²) in [6, 6.07) is 1.31. The molecule has 0 saturated heterocycles. The van der Waals surface area contributed by atoms with Gasteiger partial charge in [0.05, 0.1) is 14.2 Å². The lowest BCUT2D eigenvalue weighted by atomic mass is 10.3. The molecule has 1 rings (SSSR count). The number of methoxy groups -OCH3 is 2. The molecule has 5 nitrogen and oxygen atoms in total. The molecule has 76 valence electrons. The second kappa shape index (κ2) is 4.28. The summed E-state index contributed by atoms with van der Waals surface area (Å²) in [6.45, 7) is 0. The van der Waals surface area contributed by atoms with Gasteiger partial charge in [-0.05, 0) is 15.9 Å². The van der Waals surface area contributed by atoms with Crippen molar-refractivity contribution in [2.45, 2.75) is 0 Å². The Hall–Kier alpha value is -1.30. The van der Waals surface area contributed by atoms with Crippen LogP contribution in [0.3, 0.4) is 0 Å². The van der Waals surface area contributed by atoms with E-state index in [0.717, 1.165) is 0 Å². The highest BCUT2D eigenvalue weighted by atomic mass is 79.9. The minimum absolute atomic E-state index is 0.123. The lowest BCUT2D eigenvalue weighted by Gasteiger charge is -2.07. The number of pyridine rings is 1. The summed E-state index contributed by atoms with van der Waals surface area (Å²) >= 11 is 3.18. The van der Waals surface area contributed by atoms with Gasteiger partial charge in [-0.25, -0.2) is 9.78 Å². The smallest absolute Gasteiger partial charge is 0.354 e. The van der Waals surface area contributed by atoms with Crippen molar-refractivity contribution >= 4 is 21.9 Å². The lowest BCUT2D eigenvalue weighted by molar-refractivity contribution is 0.0689. The van der Waals surface area contributed by atoms with Gasteiger partial charge in [-0.2, -0.15) is 0 Å². The number of hydrogen-bond donors (Lipinski definition) is 1. The summed E-state index contributed by atoms with van der Waals surface area (Å²) in [6.07, 6.45) is 0. The van der Waals surface area contributed by atoms with E-state index in [9.17, 15) is 4.79 Å². The first kappa shape index (κ1) is 10.8. The largest absolute Gasteiger partial charge is 0.495 e. The molecule has 0 atom stereocenters. The van der Waals surface area contributed by atoms with Crippen LogP contribution in [0.5, 0.6) is 11.6 Å². The number of hydrogen-bond acceptors (Lipinski definition) is 4. The van der Waals surface area contributed by atoms with Crippen LogP contribution in [0.25, 0.3) is 0 Å². The fraction of sp³-hybridized carbons (Fsp3) is 0.250. The van der Waals surface area contributed by atoms with Gasteiger partial charge in [-0.3, -0.25) is 0 Å². The van der Waals surface area contributed by atoms with Crippen LogP contribution in [0.15, 0.2) is 10.5 Å². The molecule has 0 aromatic carbocycles. The van der Waals surface area contributed by atoms with Crippen LogP contribution < -0.4 is 9.47 Å². The van der Waals surface area contributed by atoms with Gasteiger partial charge < -0.3 is 14.6 Å². The first-order chi connectivity index (χ1) is 6.60. The van der Waals surface area contributed by atoms with E-state index >= 15 is 0 Å². The Morgan fingerprint density at radius 1 is 1.50 bits per heavy atom. The zero-order chi connectivity index (χ0) is 10.7. The molecule has 0 radical (unpaired) electrons. The molecule has 0 fully saturated rings. The highest BCUT2D eigenvalue weighted by Crippen LogP contribution is 2.32. The Labute approximate surface area is 88.8 Å². The fourth-order valence-corrected chi connectivity index (χ4v) is 1.40. The van der Waals surface area contributed by atoms with Gasteiger partial charge in [-0.1, -0.05) is 0 Å². The lowest BCUT2D eigenvalue weighted by Crippen LogP contribution is -2.03. The number of carbonyl (C=O) groups is 1. The maximum atomic E-state index is 10.7. The zero-order valence-electron chi connectivity index (χ0n) is 7.57. The SMILES string of the molecule is COc1cc(C(=O)O)nc(OC)c1Br. The van der Waals surface area contributed by atoms with Crippen molar-refractivity contribution in [1.82, 2.24) is 4.98 Å². The monoisotopic (exact) mass is 261 g/mol. The van der Waals surface area contributed by atoms with Gasteiger partial charge in [0, 0.05) is 6.07 Å². The van der Waals surface area contributed by atoms with Crippen molar-refractivity contribution in [3.8, 4) is 11.6 Å². The molecule has 6 heteroatoms. The highest BCUT2D eigenvalue weighted by Gasteiger charge is 2.15. The number of ether oxygens (including phenoxy) is 2. The molecule has 0 aliphatic heterocycles. The van der Waals surface area contributed by atoms with Gasteiger partial charge in [0.1, 0.15) is 10.2 Å². The number of aromatic nitrogens is 1. The molecule has 0 amide bonds. The topological polar surface area (TPSA) is 68.7 Å². The van der Waals surface area contributed by atoms with E-state index in [0.29, 0.717) is 10.2 Å². The molecule has 1 heterocycles. The minimum atomic E-state index is -1.13. The summed E-state index contributed by atoms with van der Waals surface area (Å²) in [5.41, 5.74) is -0.123. The average Bonchev–Trinajstić information content (AvgIpc) is 2.17. The average molecular weight is 262 g/mol. The third-order valence-electron chi connectivity index (χ3n) is 1.53. The summed E-state index contributed by atoms with van der Waals surface area (Å²) in [4.78, 5) is 14.4.